The number of halogens is 1. The van der Waals surface area contributed by atoms with Gasteiger partial charge in [-0.1, -0.05) is 39.0 Å². The fourth-order valence-electron chi connectivity index (χ4n) is 2.66. The standard InChI is InChI=1S/C22H22FN3O2/c1-22(2,3)17-7-4-5-9-19(17)28-20-18(8-6-14-24-20)26-21(27)25-16-12-10-15(23)11-13-16/h4-14H,1-3H3,(H2,25,26,27). The number of hydrogen-bond acceptors (Lipinski definition) is 3. The summed E-state index contributed by atoms with van der Waals surface area (Å²) in [5.74, 6) is 0.593. The first-order valence-electron chi connectivity index (χ1n) is 8.89. The van der Waals surface area contributed by atoms with Crippen LogP contribution in [0.25, 0.3) is 0 Å². The van der Waals surface area contributed by atoms with Gasteiger partial charge in [0.15, 0.2) is 0 Å². The van der Waals surface area contributed by atoms with Gasteiger partial charge >= 0.3 is 6.03 Å². The maximum Gasteiger partial charge on any atom is 0.323 e. The zero-order valence-corrected chi connectivity index (χ0v) is 16.0. The van der Waals surface area contributed by atoms with Crippen LogP contribution in [0.5, 0.6) is 11.6 Å². The molecule has 0 unspecified atom stereocenters. The molecule has 0 spiro atoms. The number of carbonyl (C=O) groups is 1. The summed E-state index contributed by atoms with van der Waals surface area (Å²) in [5, 5.41) is 5.37. The maximum absolute atomic E-state index is 13.0. The lowest BCUT2D eigenvalue weighted by Crippen LogP contribution is -2.20. The number of para-hydroxylation sites is 1. The normalized spacial score (nSPS) is 11.0. The number of aromatic nitrogens is 1. The quantitative estimate of drug-likeness (QED) is 0.588. The number of pyridine rings is 1. The van der Waals surface area contributed by atoms with E-state index in [1.807, 2.05) is 24.3 Å². The van der Waals surface area contributed by atoms with Crippen LogP contribution in [0.2, 0.25) is 0 Å². The van der Waals surface area contributed by atoms with Crippen molar-refractivity contribution < 1.29 is 13.9 Å². The van der Waals surface area contributed by atoms with Gasteiger partial charge in [0.2, 0.25) is 5.88 Å². The number of carbonyl (C=O) groups excluding carboxylic acids is 1. The van der Waals surface area contributed by atoms with Gasteiger partial charge in [-0.05, 0) is 47.9 Å². The maximum atomic E-state index is 13.0. The molecule has 28 heavy (non-hydrogen) atoms. The molecule has 2 amide bonds. The molecule has 3 aromatic rings. The molecule has 0 saturated heterocycles. The highest BCUT2D eigenvalue weighted by Gasteiger charge is 2.20. The number of anilines is 2. The molecule has 0 fully saturated rings. The predicted molar refractivity (Wildman–Crippen MR) is 108 cm³/mol. The first kappa shape index (κ1) is 19.4. The highest BCUT2D eigenvalue weighted by atomic mass is 19.1. The minimum Gasteiger partial charge on any atom is -0.437 e. The van der Waals surface area contributed by atoms with Crippen LogP contribution >= 0.6 is 0 Å². The van der Waals surface area contributed by atoms with E-state index >= 15 is 0 Å². The molecule has 0 aliphatic heterocycles. The van der Waals surface area contributed by atoms with Crippen LogP contribution in [0.1, 0.15) is 26.3 Å². The summed E-state index contributed by atoms with van der Waals surface area (Å²) in [6.45, 7) is 6.30. The highest BCUT2D eigenvalue weighted by Crippen LogP contribution is 2.35. The van der Waals surface area contributed by atoms with Crippen LogP contribution in [-0.4, -0.2) is 11.0 Å². The number of nitrogens with zero attached hydrogens (tertiary/aromatic N) is 1. The van der Waals surface area contributed by atoms with E-state index in [1.165, 1.54) is 24.3 Å². The van der Waals surface area contributed by atoms with Crippen molar-refractivity contribution in [2.45, 2.75) is 26.2 Å². The number of ether oxygens (including phenoxy) is 1. The number of nitrogens with one attached hydrogen (secondary N) is 2. The molecule has 0 radical (unpaired) electrons. The second-order valence-corrected chi connectivity index (χ2v) is 7.29. The van der Waals surface area contributed by atoms with Gasteiger partial charge in [-0.2, -0.15) is 0 Å². The van der Waals surface area contributed by atoms with Gasteiger partial charge in [-0.15, -0.1) is 0 Å². The molecular weight excluding hydrogens is 357 g/mol. The minimum atomic E-state index is -0.478. The second kappa shape index (κ2) is 8.08. The zero-order valence-electron chi connectivity index (χ0n) is 16.0. The molecule has 144 valence electrons. The Morgan fingerprint density at radius 3 is 2.39 bits per heavy atom. The minimum absolute atomic E-state index is 0.112. The molecule has 0 aliphatic carbocycles. The summed E-state index contributed by atoms with van der Waals surface area (Å²) in [6.07, 6.45) is 1.60. The van der Waals surface area contributed by atoms with E-state index in [4.69, 9.17) is 4.74 Å². The van der Waals surface area contributed by atoms with E-state index in [2.05, 4.69) is 36.4 Å². The monoisotopic (exact) mass is 379 g/mol. The Bertz CT molecular complexity index is 966. The lowest BCUT2D eigenvalue weighted by Gasteiger charge is -2.22. The summed E-state index contributed by atoms with van der Waals surface area (Å²) < 4.78 is 19.0. The fourth-order valence-corrected chi connectivity index (χ4v) is 2.66. The molecule has 2 aromatic carbocycles. The molecule has 1 heterocycles. The van der Waals surface area contributed by atoms with Crippen molar-refractivity contribution in [3.05, 3.63) is 78.2 Å². The third-order valence-corrected chi connectivity index (χ3v) is 4.02. The summed E-state index contributed by atoms with van der Waals surface area (Å²) in [4.78, 5) is 16.6. The number of hydrogen-bond donors (Lipinski definition) is 2. The van der Waals surface area contributed by atoms with E-state index in [-0.39, 0.29) is 17.1 Å². The third-order valence-electron chi connectivity index (χ3n) is 4.02. The Hall–Kier alpha value is -3.41. The van der Waals surface area contributed by atoms with E-state index in [9.17, 15) is 9.18 Å². The van der Waals surface area contributed by atoms with Crippen molar-refractivity contribution in [1.29, 1.82) is 0 Å². The molecule has 2 N–H and O–H groups in total. The smallest absolute Gasteiger partial charge is 0.323 e. The molecular formula is C22H22FN3O2. The highest BCUT2D eigenvalue weighted by molar-refractivity contribution is 6.00. The van der Waals surface area contributed by atoms with Crippen molar-refractivity contribution in [2.75, 3.05) is 10.6 Å². The van der Waals surface area contributed by atoms with Crippen molar-refractivity contribution in [3.8, 4) is 11.6 Å². The third kappa shape index (κ3) is 4.85. The van der Waals surface area contributed by atoms with Crippen LogP contribution < -0.4 is 15.4 Å². The first-order chi connectivity index (χ1) is 13.3. The Morgan fingerprint density at radius 1 is 0.964 bits per heavy atom. The molecule has 1 aromatic heterocycles. The number of rotatable bonds is 4. The average Bonchev–Trinajstić information content (AvgIpc) is 2.65. The van der Waals surface area contributed by atoms with Crippen LogP contribution in [-0.2, 0) is 5.41 Å². The number of benzene rings is 2. The van der Waals surface area contributed by atoms with Crippen LogP contribution in [0.15, 0.2) is 66.9 Å². The van der Waals surface area contributed by atoms with Gasteiger partial charge in [-0.25, -0.2) is 14.2 Å². The molecule has 0 aliphatic rings. The lowest BCUT2D eigenvalue weighted by atomic mass is 9.86. The molecule has 6 heteroatoms. The van der Waals surface area contributed by atoms with E-state index in [0.29, 0.717) is 17.1 Å². The average molecular weight is 379 g/mol. The molecule has 0 atom stereocenters. The van der Waals surface area contributed by atoms with Crippen LogP contribution in [0.4, 0.5) is 20.6 Å². The zero-order chi connectivity index (χ0) is 20.1. The Balaban J connectivity index is 1.79. The van der Waals surface area contributed by atoms with Gasteiger partial charge in [0, 0.05) is 17.4 Å². The lowest BCUT2D eigenvalue weighted by molar-refractivity contribution is 0.262. The predicted octanol–water partition coefficient (Wildman–Crippen LogP) is 5.95. The summed E-state index contributed by atoms with van der Waals surface area (Å²) in [5.41, 5.74) is 1.82. The molecule has 0 saturated carbocycles. The van der Waals surface area contributed by atoms with Gasteiger partial charge in [0.25, 0.3) is 0 Å². The van der Waals surface area contributed by atoms with E-state index in [0.717, 1.165) is 5.56 Å². The fraction of sp³-hybridized carbons (Fsp3) is 0.182. The summed E-state index contributed by atoms with van der Waals surface area (Å²) in [6, 6.07) is 16.2. The summed E-state index contributed by atoms with van der Waals surface area (Å²) >= 11 is 0. The van der Waals surface area contributed by atoms with Gasteiger partial charge in [0.05, 0.1) is 0 Å². The van der Waals surface area contributed by atoms with E-state index < -0.39 is 6.03 Å². The van der Waals surface area contributed by atoms with Gasteiger partial charge in [-0.3, -0.25) is 0 Å². The van der Waals surface area contributed by atoms with Crippen molar-refractivity contribution >= 4 is 17.4 Å². The molecule has 3 rings (SSSR count). The topological polar surface area (TPSA) is 63.2 Å². The number of urea groups is 1. The number of amides is 2. The van der Waals surface area contributed by atoms with Crippen molar-refractivity contribution in [3.63, 3.8) is 0 Å². The van der Waals surface area contributed by atoms with Gasteiger partial charge < -0.3 is 15.4 Å². The Kier molecular flexibility index (Phi) is 5.59. The second-order valence-electron chi connectivity index (χ2n) is 7.29. The summed E-state index contributed by atoms with van der Waals surface area (Å²) in [7, 11) is 0. The van der Waals surface area contributed by atoms with Crippen LogP contribution in [0, 0.1) is 5.82 Å². The molecule has 0 bridgehead atoms. The largest absolute Gasteiger partial charge is 0.437 e. The van der Waals surface area contributed by atoms with Crippen molar-refractivity contribution in [1.82, 2.24) is 4.98 Å². The SMILES string of the molecule is CC(C)(C)c1ccccc1Oc1ncccc1NC(=O)Nc1ccc(F)cc1. The van der Waals surface area contributed by atoms with Crippen LogP contribution in [0.3, 0.4) is 0 Å². The molecule has 5 nitrogen and oxygen atoms in total. The van der Waals surface area contributed by atoms with Gasteiger partial charge in [0.1, 0.15) is 17.3 Å². The van der Waals surface area contributed by atoms with Crippen molar-refractivity contribution in [2.24, 2.45) is 0 Å². The Morgan fingerprint density at radius 2 is 1.68 bits per heavy atom. The Labute approximate surface area is 163 Å². The first-order valence-corrected chi connectivity index (χ1v) is 8.89. The van der Waals surface area contributed by atoms with E-state index in [1.54, 1.807) is 18.3 Å².